The molecule has 1 amide bonds. The molecule has 0 bridgehead atoms. The van der Waals surface area contributed by atoms with Crippen molar-refractivity contribution in [2.45, 2.75) is 33.6 Å². The van der Waals surface area contributed by atoms with Crippen LogP contribution in [0.4, 0.5) is 0 Å². The summed E-state index contributed by atoms with van der Waals surface area (Å²) in [6.45, 7) is 6.55. The highest BCUT2D eigenvalue weighted by atomic mass is 16.5. The zero-order chi connectivity index (χ0) is 15.0. The van der Waals surface area contributed by atoms with E-state index in [9.17, 15) is 9.90 Å². The average Bonchev–Trinajstić information content (AvgIpc) is 2.48. The van der Waals surface area contributed by atoms with Gasteiger partial charge >= 0.3 is 0 Å². The van der Waals surface area contributed by atoms with Crippen LogP contribution in [0.1, 0.15) is 32.3 Å². The number of aryl methyl sites for hydroxylation is 1. The Morgan fingerprint density at radius 2 is 1.95 bits per heavy atom. The quantitative estimate of drug-likeness (QED) is 0.767. The van der Waals surface area contributed by atoms with Crippen LogP contribution in [0.25, 0.3) is 0 Å². The molecule has 20 heavy (non-hydrogen) atoms. The summed E-state index contributed by atoms with van der Waals surface area (Å²) in [5.41, 5.74) is 0.783. The number of aliphatic hydroxyl groups is 1. The first-order valence-electron chi connectivity index (χ1n) is 7.13. The zero-order valence-corrected chi connectivity index (χ0v) is 12.6. The molecule has 0 aliphatic carbocycles. The van der Waals surface area contributed by atoms with E-state index in [1.807, 2.05) is 45.0 Å². The van der Waals surface area contributed by atoms with E-state index in [2.05, 4.69) is 5.32 Å². The Hall–Kier alpha value is -1.55. The van der Waals surface area contributed by atoms with Crippen molar-refractivity contribution in [2.75, 3.05) is 19.8 Å². The lowest BCUT2D eigenvalue weighted by Gasteiger charge is -2.29. The van der Waals surface area contributed by atoms with Gasteiger partial charge in [-0.25, -0.2) is 0 Å². The molecular weight excluding hydrogens is 254 g/mol. The molecule has 112 valence electrons. The maximum Gasteiger partial charge on any atom is 0.257 e. The first-order valence-corrected chi connectivity index (χ1v) is 7.13. The first kappa shape index (κ1) is 16.5. The molecule has 0 spiro atoms. The Morgan fingerprint density at radius 1 is 1.30 bits per heavy atom. The molecule has 4 heteroatoms. The van der Waals surface area contributed by atoms with Gasteiger partial charge in [-0.05, 0) is 31.4 Å². The van der Waals surface area contributed by atoms with Crippen molar-refractivity contribution < 1.29 is 14.6 Å². The Morgan fingerprint density at radius 3 is 2.50 bits per heavy atom. The van der Waals surface area contributed by atoms with E-state index in [4.69, 9.17) is 4.74 Å². The van der Waals surface area contributed by atoms with Crippen molar-refractivity contribution in [3.63, 3.8) is 0 Å². The van der Waals surface area contributed by atoms with Crippen molar-refractivity contribution in [1.82, 2.24) is 5.32 Å². The van der Waals surface area contributed by atoms with Crippen LogP contribution in [0.15, 0.2) is 24.3 Å². The van der Waals surface area contributed by atoms with E-state index in [0.29, 0.717) is 6.54 Å². The summed E-state index contributed by atoms with van der Waals surface area (Å²) in [5.74, 6) is 0.565. The van der Waals surface area contributed by atoms with Gasteiger partial charge in [-0.15, -0.1) is 0 Å². The molecule has 0 unspecified atom stereocenters. The minimum atomic E-state index is -0.224. The monoisotopic (exact) mass is 279 g/mol. The van der Waals surface area contributed by atoms with Crippen LogP contribution in [0.5, 0.6) is 5.75 Å². The van der Waals surface area contributed by atoms with Crippen LogP contribution in [0, 0.1) is 12.3 Å². The van der Waals surface area contributed by atoms with Gasteiger partial charge in [0.15, 0.2) is 6.61 Å². The van der Waals surface area contributed by atoms with E-state index < -0.39 is 0 Å². The zero-order valence-electron chi connectivity index (χ0n) is 12.6. The minimum absolute atomic E-state index is 0.000208. The second kappa shape index (κ2) is 7.90. The lowest BCUT2D eigenvalue weighted by Crippen LogP contribution is -2.41. The van der Waals surface area contributed by atoms with Crippen molar-refractivity contribution in [3.8, 4) is 5.75 Å². The third kappa shape index (κ3) is 4.53. The Balaban J connectivity index is 2.43. The lowest BCUT2D eigenvalue weighted by atomic mass is 9.83. The molecule has 0 aliphatic heterocycles. The number of ether oxygens (including phenoxy) is 1. The van der Waals surface area contributed by atoms with Crippen LogP contribution >= 0.6 is 0 Å². The van der Waals surface area contributed by atoms with Crippen LogP contribution in [-0.2, 0) is 4.79 Å². The molecule has 0 heterocycles. The number of carbonyl (C=O) groups excluding carboxylic acids is 1. The number of nitrogens with one attached hydrogen (secondary N) is 1. The number of aliphatic hydroxyl groups excluding tert-OH is 1. The maximum atomic E-state index is 11.8. The number of para-hydroxylation sites is 1. The van der Waals surface area contributed by atoms with Crippen LogP contribution in [0.2, 0.25) is 0 Å². The van der Waals surface area contributed by atoms with Gasteiger partial charge in [-0.2, -0.15) is 0 Å². The van der Waals surface area contributed by atoms with Gasteiger partial charge in [0, 0.05) is 12.0 Å². The molecule has 1 aromatic rings. The molecule has 4 nitrogen and oxygen atoms in total. The fraction of sp³-hybridized carbons (Fsp3) is 0.562. The van der Waals surface area contributed by atoms with Crippen LogP contribution < -0.4 is 10.1 Å². The van der Waals surface area contributed by atoms with Crippen LogP contribution in [-0.4, -0.2) is 30.8 Å². The Kier molecular flexibility index (Phi) is 6.52. The van der Waals surface area contributed by atoms with Gasteiger partial charge in [0.2, 0.25) is 0 Å². The summed E-state index contributed by atoms with van der Waals surface area (Å²) >= 11 is 0. The highest BCUT2D eigenvalue weighted by Gasteiger charge is 2.25. The molecular formula is C16H25NO3. The number of hydrogen-bond acceptors (Lipinski definition) is 3. The second-order valence-electron chi connectivity index (χ2n) is 5.20. The summed E-state index contributed by atoms with van der Waals surface area (Å²) in [4.78, 5) is 11.8. The van der Waals surface area contributed by atoms with Gasteiger partial charge < -0.3 is 15.2 Å². The number of carbonyl (C=O) groups is 1. The summed E-state index contributed by atoms with van der Waals surface area (Å²) in [5, 5.41) is 12.3. The summed E-state index contributed by atoms with van der Waals surface area (Å²) in [6.07, 6.45) is 1.66. The van der Waals surface area contributed by atoms with Gasteiger partial charge in [-0.3, -0.25) is 4.79 Å². The maximum absolute atomic E-state index is 11.8. The highest BCUT2D eigenvalue weighted by molar-refractivity contribution is 5.77. The molecule has 0 radical (unpaired) electrons. The highest BCUT2D eigenvalue weighted by Crippen LogP contribution is 2.24. The summed E-state index contributed by atoms with van der Waals surface area (Å²) < 4.78 is 5.49. The molecule has 0 saturated heterocycles. The molecule has 0 fully saturated rings. The number of benzene rings is 1. The Labute approximate surface area is 121 Å². The lowest BCUT2D eigenvalue weighted by molar-refractivity contribution is -0.123. The normalized spacial score (nSPS) is 11.2. The predicted octanol–water partition coefficient (Wildman–Crippen LogP) is 2.29. The number of rotatable bonds is 8. The minimum Gasteiger partial charge on any atom is -0.484 e. The largest absolute Gasteiger partial charge is 0.484 e. The van der Waals surface area contributed by atoms with Crippen molar-refractivity contribution in [3.05, 3.63) is 29.8 Å². The summed E-state index contributed by atoms with van der Waals surface area (Å²) in [6, 6.07) is 7.60. The van der Waals surface area contributed by atoms with Gasteiger partial charge in [0.1, 0.15) is 5.75 Å². The van der Waals surface area contributed by atoms with E-state index >= 15 is 0 Å². The molecule has 0 aliphatic rings. The molecule has 0 atom stereocenters. The number of amides is 1. The third-order valence-corrected chi connectivity index (χ3v) is 3.95. The van der Waals surface area contributed by atoms with E-state index in [-0.39, 0.29) is 24.5 Å². The third-order valence-electron chi connectivity index (χ3n) is 3.95. The summed E-state index contributed by atoms with van der Waals surface area (Å²) in [7, 11) is 0. The van der Waals surface area contributed by atoms with Gasteiger partial charge in [0.05, 0.1) is 6.61 Å². The van der Waals surface area contributed by atoms with Gasteiger partial charge in [-0.1, -0.05) is 32.0 Å². The van der Waals surface area contributed by atoms with Crippen LogP contribution in [0.3, 0.4) is 0 Å². The number of hydrogen-bond donors (Lipinski definition) is 2. The average molecular weight is 279 g/mol. The van der Waals surface area contributed by atoms with Gasteiger partial charge in [0.25, 0.3) is 5.91 Å². The first-order chi connectivity index (χ1) is 9.56. The molecule has 1 aromatic carbocycles. The van der Waals surface area contributed by atoms with E-state index in [0.717, 1.165) is 24.2 Å². The fourth-order valence-electron chi connectivity index (χ4n) is 1.98. The standard InChI is InChI=1S/C16H25NO3/c1-4-16(5-2,12-18)11-17-15(19)10-20-14-9-7-6-8-13(14)3/h6-9,18H,4-5,10-12H2,1-3H3,(H,17,19). The Bertz CT molecular complexity index is 419. The molecule has 0 aromatic heterocycles. The van der Waals surface area contributed by atoms with Crippen molar-refractivity contribution >= 4 is 5.91 Å². The predicted molar refractivity (Wildman–Crippen MR) is 79.8 cm³/mol. The SMILES string of the molecule is CCC(CC)(CO)CNC(=O)COc1ccccc1C. The molecule has 1 rings (SSSR count). The fourth-order valence-corrected chi connectivity index (χ4v) is 1.98. The second-order valence-corrected chi connectivity index (χ2v) is 5.20. The van der Waals surface area contributed by atoms with E-state index in [1.165, 1.54) is 0 Å². The topological polar surface area (TPSA) is 58.6 Å². The van der Waals surface area contributed by atoms with E-state index in [1.54, 1.807) is 0 Å². The molecule has 2 N–H and O–H groups in total. The molecule has 0 saturated carbocycles. The smallest absolute Gasteiger partial charge is 0.257 e. The van der Waals surface area contributed by atoms with Crippen molar-refractivity contribution in [1.29, 1.82) is 0 Å². The van der Waals surface area contributed by atoms with Crippen molar-refractivity contribution in [2.24, 2.45) is 5.41 Å².